The van der Waals surface area contributed by atoms with E-state index in [0.29, 0.717) is 32.7 Å². The summed E-state index contributed by atoms with van der Waals surface area (Å²) in [7, 11) is 3.79. The van der Waals surface area contributed by atoms with Gasteiger partial charge in [-0.05, 0) is 33.5 Å². The summed E-state index contributed by atoms with van der Waals surface area (Å²) in [5.41, 5.74) is 0. The summed E-state index contributed by atoms with van der Waals surface area (Å²) >= 11 is 0. The Labute approximate surface area is 121 Å². The molecular formula is C14H26N4O2. The van der Waals surface area contributed by atoms with Gasteiger partial charge in [-0.3, -0.25) is 9.59 Å². The Morgan fingerprint density at radius 2 is 1.75 bits per heavy atom. The van der Waals surface area contributed by atoms with Crippen molar-refractivity contribution in [3.63, 3.8) is 0 Å². The second-order valence-electron chi connectivity index (χ2n) is 5.95. The Balaban J connectivity index is 1.78. The van der Waals surface area contributed by atoms with Crippen LogP contribution in [0.25, 0.3) is 0 Å². The predicted molar refractivity (Wildman–Crippen MR) is 77.4 cm³/mol. The third-order valence-electron chi connectivity index (χ3n) is 4.00. The molecule has 0 unspecified atom stereocenters. The number of piperidine rings is 1. The molecule has 2 amide bonds. The van der Waals surface area contributed by atoms with Crippen LogP contribution in [0.3, 0.4) is 0 Å². The summed E-state index contributed by atoms with van der Waals surface area (Å²) in [5, 5.41) is 3.30. The van der Waals surface area contributed by atoms with Gasteiger partial charge in [-0.25, -0.2) is 0 Å². The molecule has 0 aromatic heterocycles. The van der Waals surface area contributed by atoms with Gasteiger partial charge in [0.25, 0.3) is 0 Å². The molecule has 2 heterocycles. The van der Waals surface area contributed by atoms with E-state index in [2.05, 4.69) is 5.32 Å². The molecule has 1 atom stereocenters. The molecule has 2 rings (SSSR count). The van der Waals surface area contributed by atoms with E-state index in [1.807, 2.05) is 28.8 Å². The lowest BCUT2D eigenvalue weighted by Gasteiger charge is -2.37. The average Bonchev–Trinajstić information content (AvgIpc) is 2.47. The van der Waals surface area contributed by atoms with Crippen LogP contribution in [0.4, 0.5) is 0 Å². The molecule has 1 N–H and O–H groups in total. The minimum Gasteiger partial charge on any atom is -0.338 e. The molecule has 0 aromatic rings. The van der Waals surface area contributed by atoms with Crippen molar-refractivity contribution in [2.24, 2.45) is 0 Å². The molecule has 2 fully saturated rings. The van der Waals surface area contributed by atoms with Crippen LogP contribution in [0.5, 0.6) is 0 Å². The summed E-state index contributed by atoms with van der Waals surface area (Å²) in [5.74, 6) is 0.363. The number of hydrogen-bond donors (Lipinski definition) is 1. The zero-order valence-corrected chi connectivity index (χ0v) is 12.6. The van der Waals surface area contributed by atoms with Gasteiger partial charge in [0.15, 0.2) is 0 Å². The first-order chi connectivity index (χ1) is 9.58. The molecular weight excluding hydrogens is 256 g/mol. The highest BCUT2D eigenvalue weighted by atomic mass is 16.2. The van der Waals surface area contributed by atoms with Crippen molar-refractivity contribution in [2.45, 2.75) is 25.3 Å². The number of carbonyl (C=O) groups excluding carboxylic acids is 2. The number of piperazine rings is 1. The molecule has 6 heteroatoms. The maximum Gasteiger partial charge on any atom is 0.239 e. The number of rotatable bonds is 3. The van der Waals surface area contributed by atoms with Crippen LogP contribution in [0.15, 0.2) is 0 Å². The monoisotopic (exact) mass is 282 g/mol. The fourth-order valence-electron chi connectivity index (χ4n) is 2.83. The lowest BCUT2D eigenvalue weighted by atomic mass is 10.0. The Hall–Kier alpha value is -1.14. The SMILES string of the molecule is CN(C)CC(=O)N1CCN(C(=O)[C@H]2CCCCN2)CC1. The number of carbonyl (C=O) groups is 2. The maximum absolute atomic E-state index is 12.4. The number of hydrogen-bond acceptors (Lipinski definition) is 4. The molecule has 2 saturated heterocycles. The highest BCUT2D eigenvalue weighted by molar-refractivity contribution is 5.83. The Kier molecular flexibility index (Phi) is 5.37. The Bertz CT molecular complexity index is 345. The van der Waals surface area contributed by atoms with Gasteiger partial charge in [0, 0.05) is 26.2 Å². The van der Waals surface area contributed by atoms with Crippen molar-refractivity contribution in [3.05, 3.63) is 0 Å². The molecule has 0 bridgehead atoms. The van der Waals surface area contributed by atoms with Crippen LogP contribution in [0.1, 0.15) is 19.3 Å². The smallest absolute Gasteiger partial charge is 0.239 e. The Morgan fingerprint density at radius 1 is 1.10 bits per heavy atom. The third kappa shape index (κ3) is 3.93. The molecule has 2 aliphatic heterocycles. The molecule has 0 aliphatic carbocycles. The first-order valence-corrected chi connectivity index (χ1v) is 7.52. The van der Waals surface area contributed by atoms with Gasteiger partial charge in [-0.2, -0.15) is 0 Å². The first-order valence-electron chi connectivity index (χ1n) is 7.52. The average molecular weight is 282 g/mol. The van der Waals surface area contributed by atoms with Gasteiger partial charge in [-0.1, -0.05) is 6.42 Å². The van der Waals surface area contributed by atoms with Gasteiger partial charge in [0.1, 0.15) is 0 Å². The van der Waals surface area contributed by atoms with Gasteiger partial charge < -0.3 is 20.0 Å². The highest BCUT2D eigenvalue weighted by Gasteiger charge is 2.29. The molecule has 20 heavy (non-hydrogen) atoms. The van der Waals surface area contributed by atoms with E-state index in [9.17, 15) is 9.59 Å². The zero-order valence-electron chi connectivity index (χ0n) is 12.6. The largest absolute Gasteiger partial charge is 0.338 e. The number of amides is 2. The molecule has 0 saturated carbocycles. The minimum absolute atomic E-state index is 0.00669. The predicted octanol–water partition coefficient (Wildman–Crippen LogP) is -0.639. The van der Waals surface area contributed by atoms with E-state index in [1.165, 1.54) is 0 Å². The van der Waals surface area contributed by atoms with Gasteiger partial charge in [-0.15, -0.1) is 0 Å². The van der Waals surface area contributed by atoms with Gasteiger partial charge >= 0.3 is 0 Å². The van der Waals surface area contributed by atoms with Crippen molar-refractivity contribution in [3.8, 4) is 0 Å². The lowest BCUT2D eigenvalue weighted by molar-refractivity contribution is -0.141. The van der Waals surface area contributed by atoms with Crippen LogP contribution >= 0.6 is 0 Å². The zero-order chi connectivity index (χ0) is 14.5. The van der Waals surface area contributed by atoms with E-state index in [1.54, 1.807) is 0 Å². The molecule has 0 radical (unpaired) electrons. The van der Waals surface area contributed by atoms with E-state index in [4.69, 9.17) is 0 Å². The van der Waals surface area contributed by atoms with E-state index < -0.39 is 0 Å². The first kappa shape index (κ1) is 15.3. The van der Waals surface area contributed by atoms with Crippen LogP contribution < -0.4 is 5.32 Å². The molecule has 0 spiro atoms. The standard InChI is InChI=1S/C14H26N4O2/c1-16(2)11-13(19)17-7-9-18(10-8-17)14(20)12-5-3-4-6-15-12/h12,15H,3-11H2,1-2H3/t12-/m1/s1. The van der Waals surface area contributed by atoms with Crippen LogP contribution in [0, 0.1) is 0 Å². The summed E-state index contributed by atoms with van der Waals surface area (Å²) in [4.78, 5) is 30.0. The highest BCUT2D eigenvalue weighted by Crippen LogP contribution is 2.12. The van der Waals surface area contributed by atoms with Crippen LogP contribution in [-0.4, -0.2) is 85.9 Å². The second kappa shape index (κ2) is 7.04. The van der Waals surface area contributed by atoms with Crippen molar-refractivity contribution < 1.29 is 9.59 Å². The molecule has 6 nitrogen and oxygen atoms in total. The molecule has 0 aromatic carbocycles. The van der Waals surface area contributed by atoms with Crippen molar-refractivity contribution in [2.75, 3.05) is 53.4 Å². The van der Waals surface area contributed by atoms with E-state index in [0.717, 1.165) is 25.8 Å². The van der Waals surface area contributed by atoms with Crippen LogP contribution in [-0.2, 0) is 9.59 Å². The van der Waals surface area contributed by atoms with E-state index >= 15 is 0 Å². The summed E-state index contributed by atoms with van der Waals surface area (Å²) < 4.78 is 0. The normalized spacial score (nSPS) is 24.1. The maximum atomic E-state index is 12.4. The lowest BCUT2D eigenvalue weighted by Crippen LogP contribution is -2.56. The minimum atomic E-state index is -0.00669. The van der Waals surface area contributed by atoms with Crippen molar-refractivity contribution in [1.82, 2.24) is 20.0 Å². The quantitative estimate of drug-likeness (QED) is 0.748. The summed E-state index contributed by atoms with van der Waals surface area (Å²) in [6.45, 7) is 4.03. The second-order valence-corrected chi connectivity index (χ2v) is 5.95. The topological polar surface area (TPSA) is 55.9 Å². The van der Waals surface area contributed by atoms with E-state index in [-0.39, 0.29) is 17.9 Å². The van der Waals surface area contributed by atoms with Crippen LogP contribution in [0.2, 0.25) is 0 Å². The van der Waals surface area contributed by atoms with Crippen molar-refractivity contribution in [1.29, 1.82) is 0 Å². The Morgan fingerprint density at radius 3 is 2.30 bits per heavy atom. The number of likely N-dealkylation sites (N-methyl/N-ethyl adjacent to an activating group) is 1. The number of nitrogens with zero attached hydrogens (tertiary/aromatic N) is 3. The molecule has 114 valence electrons. The van der Waals surface area contributed by atoms with Crippen molar-refractivity contribution >= 4 is 11.8 Å². The third-order valence-corrected chi connectivity index (χ3v) is 4.00. The van der Waals surface area contributed by atoms with Gasteiger partial charge in [0.2, 0.25) is 11.8 Å². The summed E-state index contributed by atoms with van der Waals surface area (Å²) in [6.07, 6.45) is 3.24. The van der Waals surface area contributed by atoms with Gasteiger partial charge in [0.05, 0.1) is 12.6 Å². The summed E-state index contributed by atoms with van der Waals surface area (Å²) in [6, 6.07) is -0.00669. The fraction of sp³-hybridized carbons (Fsp3) is 0.857. The molecule has 2 aliphatic rings. The number of nitrogens with one attached hydrogen (secondary N) is 1. The fourth-order valence-corrected chi connectivity index (χ4v) is 2.83.